The molecular weight excluding hydrogens is 214 g/mol. The van der Waals surface area contributed by atoms with Crippen molar-refractivity contribution in [1.82, 2.24) is 0 Å². The average Bonchev–Trinajstić information content (AvgIpc) is 2.70. The molecule has 82 valence electrons. The lowest BCUT2D eigenvalue weighted by molar-refractivity contribution is 0.0682. The Kier molecular flexibility index (Phi) is 3.34. The van der Waals surface area contributed by atoms with E-state index >= 15 is 0 Å². The Bertz CT molecular complexity index is 317. The number of anilines is 1. The molecule has 4 heteroatoms. The fraction of sp³-hybridized carbons (Fsp3) is 0.455. The van der Waals surface area contributed by atoms with E-state index < -0.39 is 0 Å². The molecule has 1 fully saturated rings. The maximum absolute atomic E-state index is 5.97. The number of nitrogens with two attached hydrogens (primary N) is 1. The standard InChI is InChI=1S/C11H14ClNO2/c12-9-4-1-5-10(13)11(9)15-7-8-3-2-6-14-8/h1,4-5,8H,2-3,6-7,13H2/t8-/m0/s1. The van der Waals surface area contributed by atoms with Gasteiger partial charge in [0.25, 0.3) is 0 Å². The SMILES string of the molecule is Nc1cccc(Cl)c1OC[C@@H]1CCCO1. The Morgan fingerprint density at radius 2 is 2.40 bits per heavy atom. The third kappa shape index (κ3) is 2.55. The zero-order valence-corrected chi connectivity index (χ0v) is 9.17. The monoisotopic (exact) mass is 227 g/mol. The second kappa shape index (κ2) is 4.73. The maximum atomic E-state index is 5.97. The number of rotatable bonds is 3. The van der Waals surface area contributed by atoms with Crippen LogP contribution in [0.2, 0.25) is 5.02 Å². The molecule has 0 amide bonds. The van der Waals surface area contributed by atoms with Crippen molar-refractivity contribution in [3.8, 4) is 5.75 Å². The van der Waals surface area contributed by atoms with Crippen molar-refractivity contribution >= 4 is 17.3 Å². The Morgan fingerprint density at radius 3 is 3.07 bits per heavy atom. The molecule has 0 saturated carbocycles. The topological polar surface area (TPSA) is 44.5 Å². The molecule has 1 aliphatic heterocycles. The molecule has 0 aromatic heterocycles. The van der Waals surface area contributed by atoms with Gasteiger partial charge in [0, 0.05) is 6.61 Å². The van der Waals surface area contributed by atoms with Crippen LogP contribution in [0.25, 0.3) is 0 Å². The first kappa shape index (κ1) is 10.6. The normalized spacial score (nSPS) is 20.5. The van der Waals surface area contributed by atoms with Gasteiger partial charge < -0.3 is 15.2 Å². The number of nitrogen functional groups attached to an aromatic ring is 1. The molecule has 0 spiro atoms. The third-order valence-corrected chi connectivity index (χ3v) is 2.73. The molecule has 1 atom stereocenters. The van der Waals surface area contributed by atoms with Gasteiger partial charge in [-0.3, -0.25) is 0 Å². The quantitative estimate of drug-likeness (QED) is 0.807. The number of hydrogen-bond donors (Lipinski definition) is 1. The molecule has 3 nitrogen and oxygen atoms in total. The van der Waals surface area contributed by atoms with E-state index in [2.05, 4.69) is 0 Å². The van der Waals surface area contributed by atoms with Crippen LogP contribution in [0.3, 0.4) is 0 Å². The van der Waals surface area contributed by atoms with Crippen LogP contribution >= 0.6 is 11.6 Å². The minimum atomic E-state index is 0.181. The van der Waals surface area contributed by atoms with Crippen molar-refractivity contribution in [2.24, 2.45) is 0 Å². The predicted octanol–water partition coefficient (Wildman–Crippen LogP) is 2.48. The fourth-order valence-corrected chi connectivity index (χ4v) is 1.87. The van der Waals surface area contributed by atoms with Crippen LogP contribution in [0.15, 0.2) is 18.2 Å². The van der Waals surface area contributed by atoms with Gasteiger partial charge in [0.1, 0.15) is 6.61 Å². The van der Waals surface area contributed by atoms with Gasteiger partial charge in [-0.1, -0.05) is 17.7 Å². The van der Waals surface area contributed by atoms with Crippen molar-refractivity contribution in [3.05, 3.63) is 23.2 Å². The molecule has 0 bridgehead atoms. The van der Waals surface area contributed by atoms with Crippen LogP contribution in [0.1, 0.15) is 12.8 Å². The first-order valence-electron chi connectivity index (χ1n) is 5.06. The summed E-state index contributed by atoms with van der Waals surface area (Å²) in [6, 6.07) is 5.34. The molecule has 1 aromatic carbocycles. The van der Waals surface area contributed by atoms with Crippen molar-refractivity contribution in [2.45, 2.75) is 18.9 Å². The lowest BCUT2D eigenvalue weighted by Gasteiger charge is -2.13. The summed E-state index contributed by atoms with van der Waals surface area (Å²) in [5.74, 6) is 0.565. The summed E-state index contributed by atoms with van der Waals surface area (Å²) in [6.07, 6.45) is 2.33. The minimum absolute atomic E-state index is 0.181. The van der Waals surface area contributed by atoms with Crippen LogP contribution in [-0.4, -0.2) is 19.3 Å². The number of benzene rings is 1. The number of ether oxygens (including phenoxy) is 2. The smallest absolute Gasteiger partial charge is 0.160 e. The van der Waals surface area contributed by atoms with Gasteiger partial charge in [0.15, 0.2) is 5.75 Å². The molecular formula is C11H14ClNO2. The maximum Gasteiger partial charge on any atom is 0.160 e. The van der Waals surface area contributed by atoms with Crippen LogP contribution in [-0.2, 0) is 4.74 Å². The number of halogens is 1. The van der Waals surface area contributed by atoms with E-state index in [1.54, 1.807) is 18.2 Å². The second-order valence-electron chi connectivity index (χ2n) is 3.60. The zero-order chi connectivity index (χ0) is 10.7. The lowest BCUT2D eigenvalue weighted by atomic mass is 10.2. The van der Waals surface area contributed by atoms with E-state index in [4.69, 9.17) is 26.8 Å². The largest absolute Gasteiger partial charge is 0.487 e. The summed E-state index contributed by atoms with van der Waals surface area (Å²) in [7, 11) is 0. The lowest BCUT2D eigenvalue weighted by Crippen LogP contribution is -2.16. The molecule has 1 aromatic rings. The van der Waals surface area contributed by atoms with Crippen LogP contribution in [0.4, 0.5) is 5.69 Å². The Morgan fingerprint density at radius 1 is 1.53 bits per heavy atom. The summed E-state index contributed by atoms with van der Waals surface area (Å²) in [5, 5.41) is 0.549. The molecule has 2 rings (SSSR count). The highest BCUT2D eigenvalue weighted by molar-refractivity contribution is 6.32. The second-order valence-corrected chi connectivity index (χ2v) is 4.01. The highest BCUT2D eigenvalue weighted by Crippen LogP contribution is 2.31. The van der Waals surface area contributed by atoms with Crippen molar-refractivity contribution in [1.29, 1.82) is 0 Å². The zero-order valence-electron chi connectivity index (χ0n) is 8.41. The number of para-hydroxylation sites is 1. The van der Waals surface area contributed by atoms with Crippen LogP contribution in [0, 0.1) is 0 Å². The highest BCUT2D eigenvalue weighted by atomic mass is 35.5. The van der Waals surface area contributed by atoms with Gasteiger partial charge in [0.05, 0.1) is 16.8 Å². The van der Waals surface area contributed by atoms with Gasteiger partial charge >= 0.3 is 0 Å². The third-order valence-electron chi connectivity index (χ3n) is 2.43. The van der Waals surface area contributed by atoms with Gasteiger partial charge in [-0.15, -0.1) is 0 Å². The van der Waals surface area contributed by atoms with Gasteiger partial charge in [-0.25, -0.2) is 0 Å². The number of hydrogen-bond acceptors (Lipinski definition) is 3. The van der Waals surface area contributed by atoms with E-state index in [1.807, 2.05) is 0 Å². The predicted molar refractivity (Wildman–Crippen MR) is 60.3 cm³/mol. The average molecular weight is 228 g/mol. The van der Waals surface area contributed by atoms with E-state index in [9.17, 15) is 0 Å². The molecule has 1 heterocycles. The first-order valence-corrected chi connectivity index (χ1v) is 5.43. The Labute approximate surface area is 94.1 Å². The Hall–Kier alpha value is -0.930. The summed E-state index contributed by atoms with van der Waals surface area (Å²) in [4.78, 5) is 0. The van der Waals surface area contributed by atoms with E-state index in [0.29, 0.717) is 23.1 Å². The van der Waals surface area contributed by atoms with Crippen molar-refractivity contribution in [2.75, 3.05) is 18.9 Å². The summed E-state index contributed by atoms with van der Waals surface area (Å²) in [5.41, 5.74) is 6.33. The van der Waals surface area contributed by atoms with Crippen molar-refractivity contribution < 1.29 is 9.47 Å². The minimum Gasteiger partial charge on any atom is -0.487 e. The fourth-order valence-electron chi connectivity index (χ4n) is 1.63. The molecule has 1 aliphatic rings. The first-order chi connectivity index (χ1) is 7.27. The summed E-state index contributed by atoms with van der Waals surface area (Å²) < 4.78 is 11.0. The van der Waals surface area contributed by atoms with Crippen LogP contribution in [0.5, 0.6) is 5.75 Å². The molecule has 0 aliphatic carbocycles. The molecule has 0 radical (unpaired) electrons. The summed E-state index contributed by atoms with van der Waals surface area (Å²) >= 11 is 5.97. The molecule has 2 N–H and O–H groups in total. The highest BCUT2D eigenvalue weighted by Gasteiger charge is 2.17. The Balaban J connectivity index is 1.97. The summed E-state index contributed by atoms with van der Waals surface area (Å²) in [6.45, 7) is 1.35. The van der Waals surface area contributed by atoms with E-state index in [0.717, 1.165) is 19.4 Å². The molecule has 15 heavy (non-hydrogen) atoms. The van der Waals surface area contributed by atoms with E-state index in [-0.39, 0.29) is 6.10 Å². The molecule has 1 saturated heterocycles. The van der Waals surface area contributed by atoms with Crippen LogP contribution < -0.4 is 10.5 Å². The van der Waals surface area contributed by atoms with Gasteiger partial charge in [-0.05, 0) is 25.0 Å². The van der Waals surface area contributed by atoms with Gasteiger partial charge in [0.2, 0.25) is 0 Å². The van der Waals surface area contributed by atoms with Gasteiger partial charge in [-0.2, -0.15) is 0 Å². The van der Waals surface area contributed by atoms with Crippen molar-refractivity contribution in [3.63, 3.8) is 0 Å². The molecule has 0 unspecified atom stereocenters. The van der Waals surface area contributed by atoms with E-state index in [1.165, 1.54) is 0 Å².